The Hall–Kier alpha value is -1.73. The minimum absolute atomic E-state index is 0.0685. The van der Waals surface area contributed by atoms with Crippen molar-refractivity contribution in [2.45, 2.75) is 37.2 Å². The number of amides is 2. The van der Waals surface area contributed by atoms with Gasteiger partial charge in [-0.05, 0) is 25.0 Å². The van der Waals surface area contributed by atoms with Crippen LogP contribution in [0.3, 0.4) is 0 Å². The molecular weight excluding hydrogens is 413 g/mol. The van der Waals surface area contributed by atoms with E-state index in [-0.39, 0.29) is 34.2 Å². The number of halogens is 3. The summed E-state index contributed by atoms with van der Waals surface area (Å²) in [6.07, 6.45) is -5.34. The van der Waals surface area contributed by atoms with Crippen molar-refractivity contribution < 1.29 is 32.3 Å². The zero-order chi connectivity index (χ0) is 21.2. The van der Waals surface area contributed by atoms with Crippen LogP contribution < -0.4 is 16.9 Å². The highest BCUT2D eigenvalue weighted by molar-refractivity contribution is 7.14. The molecule has 2 heterocycles. The minimum Gasteiger partial charge on any atom is -0.377 e. The normalized spacial score (nSPS) is 22.2. The fraction of sp³-hybridized carbons (Fsp3) is 0.647. The van der Waals surface area contributed by atoms with Gasteiger partial charge in [0.2, 0.25) is 5.91 Å². The molecule has 29 heavy (non-hydrogen) atoms. The van der Waals surface area contributed by atoms with Crippen molar-refractivity contribution in [3.05, 3.63) is 21.9 Å². The highest BCUT2D eigenvalue weighted by Crippen LogP contribution is 2.34. The Balaban J connectivity index is 1.59. The average molecular weight is 436 g/mol. The van der Waals surface area contributed by atoms with Crippen molar-refractivity contribution in [3.63, 3.8) is 0 Å². The van der Waals surface area contributed by atoms with Gasteiger partial charge in [0.1, 0.15) is 0 Å². The SMILES string of the molecule is NO[C@H](C(N)c1ccc(C(=O)NCC2COCCN2C(=O)C2CC2)s1)C(F)(F)F. The molecule has 162 valence electrons. The molecule has 1 aromatic heterocycles. The fourth-order valence-electron chi connectivity index (χ4n) is 3.15. The first-order valence-corrected chi connectivity index (χ1v) is 9.98. The summed E-state index contributed by atoms with van der Waals surface area (Å²) in [7, 11) is 0. The number of carbonyl (C=O) groups excluding carboxylic acids is 2. The maximum Gasteiger partial charge on any atom is 0.418 e. The molecule has 3 rings (SSSR count). The molecule has 2 amide bonds. The summed E-state index contributed by atoms with van der Waals surface area (Å²) in [6.45, 7) is 1.44. The van der Waals surface area contributed by atoms with Crippen LogP contribution in [0.5, 0.6) is 0 Å². The van der Waals surface area contributed by atoms with Crippen molar-refractivity contribution in [1.29, 1.82) is 0 Å². The molecule has 2 unspecified atom stereocenters. The van der Waals surface area contributed by atoms with Crippen LogP contribution >= 0.6 is 11.3 Å². The van der Waals surface area contributed by atoms with Gasteiger partial charge in [0.05, 0.1) is 30.2 Å². The number of thiophene rings is 1. The number of alkyl halides is 3. The molecular formula is C17H23F3N4O4S. The smallest absolute Gasteiger partial charge is 0.377 e. The predicted molar refractivity (Wildman–Crippen MR) is 97.7 cm³/mol. The van der Waals surface area contributed by atoms with E-state index in [0.717, 1.165) is 24.2 Å². The number of nitrogens with one attached hydrogen (secondary N) is 1. The monoisotopic (exact) mass is 436 g/mol. The second kappa shape index (κ2) is 8.96. The molecule has 2 fully saturated rings. The van der Waals surface area contributed by atoms with Gasteiger partial charge in [-0.1, -0.05) is 0 Å². The average Bonchev–Trinajstić information content (AvgIpc) is 3.41. The number of carbonyl (C=O) groups is 2. The molecule has 0 bridgehead atoms. The highest BCUT2D eigenvalue weighted by atomic mass is 32.1. The zero-order valence-corrected chi connectivity index (χ0v) is 16.3. The second-order valence-corrected chi connectivity index (χ2v) is 8.19. The molecule has 0 aromatic carbocycles. The molecule has 0 spiro atoms. The van der Waals surface area contributed by atoms with Gasteiger partial charge in [0.15, 0.2) is 6.10 Å². The van der Waals surface area contributed by atoms with Crippen LogP contribution in [-0.4, -0.2) is 61.3 Å². The van der Waals surface area contributed by atoms with Crippen molar-refractivity contribution in [2.24, 2.45) is 17.5 Å². The quantitative estimate of drug-likeness (QED) is 0.547. The Kier molecular flexibility index (Phi) is 6.79. The van der Waals surface area contributed by atoms with Crippen LogP contribution in [0.2, 0.25) is 0 Å². The molecule has 5 N–H and O–H groups in total. The third-order valence-electron chi connectivity index (χ3n) is 4.91. The van der Waals surface area contributed by atoms with Gasteiger partial charge >= 0.3 is 6.18 Å². The maximum atomic E-state index is 12.9. The van der Waals surface area contributed by atoms with Gasteiger partial charge in [0.25, 0.3) is 5.91 Å². The Bertz CT molecular complexity index is 741. The van der Waals surface area contributed by atoms with Gasteiger partial charge in [-0.25, -0.2) is 5.90 Å². The highest BCUT2D eigenvalue weighted by Gasteiger charge is 2.46. The summed E-state index contributed by atoms with van der Waals surface area (Å²) >= 11 is 0.833. The van der Waals surface area contributed by atoms with E-state index >= 15 is 0 Å². The van der Waals surface area contributed by atoms with E-state index in [2.05, 4.69) is 10.2 Å². The molecule has 0 radical (unpaired) electrons. The second-order valence-electron chi connectivity index (χ2n) is 7.07. The first-order chi connectivity index (χ1) is 13.7. The van der Waals surface area contributed by atoms with E-state index in [1.807, 2.05) is 0 Å². The number of nitrogens with zero attached hydrogens (tertiary/aromatic N) is 1. The van der Waals surface area contributed by atoms with Crippen LogP contribution in [-0.2, 0) is 14.4 Å². The van der Waals surface area contributed by atoms with Crippen molar-refractivity contribution in [3.8, 4) is 0 Å². The Labute approximate surface area is 169 Å². The third-order valence-corrected chi connectivity index (χ3v) is 6.10. The van der Waals surface area contributed by atoms with Crippen LogP contribution in [0, 0.1) is 5.92 Å². The van der Waals surface area contributed by atoms with Crippen LogP contribution in [0.4, 0.5) is 13.2 Å². The van der Waals surface area contributed by atoms with E-state index in [1.165, 1.54) is 12.1 Å². The number of morpholine rings is 1. The largest absolute Gasteiger partial charge is 0.418 e. The van der Waals surface area contributed by atoms with Crippen LogP contribution in [0.25, 0.3) is 0 Å². The molecule has 1 aromatic rings. The lowest BCUT2D eigenvalue weighted by molar-refractivity contribution is -0.228. The minimum atomic E-state index is -4.74. The lowest BCUT2D eigenvalue weighted by Gasteiger charge is -2.35. The van der Waals surface area contributed by atoms with Gasteiger partial charge < -0.3 is 20.7 Å². The summed E-state index contributed by atoms with van der Waals surface area (Å²) in [6, 6.07) is 0.908. The number of rotatable bonds is 7. The molecule has 8 nitrogen and oxygen atoms in total. The Morgan fingerprint density at radius 2 is 2.10 bits per heavy atom. The Morgan fingerprint density at radius 3 is 2.72 bits per heavy atom. The van der Waals surface area contributed by atoms with Crippen molar-refractivity contribution in [1.82, 2.24) is 10.2 Å². The first kappa shape index (κ1) is 22.0. The van der Waals surface area contributed by atoms with Gasteiger partial charge in [0, 0.05) is 23.9 Å². The zero-order valence-electron chi connectivity index (χ0n) is 15.5. The first-order valence-electron chi connectivity index (χ1n) is 9.16. The van der Waals surface area contributed by atoms with Crippen LogP contribution in [0.15, 0.2) is 12.1 Å². The van der Waals surface area contributed by atoms with E-state index in [4.69, 9.17) is 16.4 Å². The van der Waals surface area contributed by atoms with E-state index in [1.54, 1.807) is 4.90 Å². The summed E-state index contributed by atoms with van der Waals surface area (Å²) in [5, 5.41) is 2.72. The summed E-state index contributed by atoms with van der Waals surface area (Å²) in [4.78, 5) is 30.8. The van der Waals surface area contributed by atoms with E-state index in [9.17, 15) is 22.8 Å². The van der Waals surface area contributed by atoms with Crippen molar-refractivity contribution in [2.75, 3.05) is 26.3 Å². The van der Waals surface area contributed by atoms with Gasteiger partial charge in [-0.2, -0.15) is 13.2 Å². The lowest BCUT2D eigenvalue weighted by atomic mass is 10.1. The number of hydrogen-bond acceptors (Lipinski definition) is 7. The third kappa shape index (κ3) is 5.25. The predicted octanol–water partition coefficient (Wildman–Crippen LogP) is 0.936. The molecule has 2 aliphatic rings. The summed E-state index contributed by atoms with van der Waals surface area (Å²) < 4.78 is 44.1. The number of ether oxygens (including phenoxy) is 1. The number of nitrogens with two attached hydrogens (primary N) is 2. The van der Waals surface area contributed by atoms with E-state index in [0.29, 0.717) is 19.8 Å². The lowest BCUT2D eigenvalue weighted by Crippen LogP contribution is -2.54. The van der Waals surface area contributed by atoms with Crippen molar-refractivity contribution >= 4 is 23.2 Å². The Morgan fingerprint density at radius 1 is 1.38 bits per heavy atom. The summed E-state index contributed by atoms with van der Waals surface area (Å²) in [5.74, 6) is 4.42. The fourth-order valence-corrected chi connectivity index (χ4v) is 4.10. The molecule has 1 saturated carbocycles. The van der Waals surface area contributed by atoms with E-state index < -0.39 is 24.2 Å². The maximum absolute atomic E-state index is 12.9. The molecule has 12 heteroatoms. The van der Waals surface area contributed by atoms with Crippen LogP contribution in [0.1, 0.15) is 33.4 Å². The molecule has 1 saturated heterocycles. The summed E-state index contributed by atoms with van der Waals surface area (Å²) in [5.41, 5.74) is 5.62. The number of hydrogen-bond donors (Lipinski definition) is 3. The van der Waals surface area contributed by atoms with Gasteiger partial charge in [-0.15, -0.1) is 11.3 Å². The standard InChI is InChI=1S/C17H23F3N4O4S/c18-17(19,20)14(28-22)13(21)11-3-4-12(29-11)15(25)23-7-10-8-27-6-5-24(10)16(26)9-1-2-9/h3-4,9-10,13-14H,1-2,5-8,21-22H2,(H,23,25)/t10?,13?,14-/m1/s1. The topological polar surface area (TPSA) is 120 Å². The molecule has 3 atom stereocenters. The van der Waals surface area contributed by atoms with Gasteiger partial charge in [-0.3, -0.25) is 14.4 Å². The molecule has 1 aliphatic heterocycles. The molecule has 1 aliphatic carbocycles.